The average Bonchev–Trinajstić information content (AvgIpc) is 2.28. The molecule has 96 valence electrons. The highest BCUT2D eigenvalue weighted by Gasteiger charge is 2.19. The molecule has 0 aromatic carbocycles. The molecule has 6 nitrogen and oxygen atoms in total. The van der Waals surface area contributed by atoms with Gasteiger partial charge in [0.05, 0.1) is 18.4 Å². The average molecular weight is 241 g/mol. The number of nitriles is 1. The highest BCUT2D eigenvalue weighted by atomic mass is 16.4. The molecule has 2 unspecified atom stereocenters. The molecule has 0 aromatic heterocycles. The van der Waals surface area contributed by atoms with Crippen molar-refractivity contribution in [3.8, 4) is 6.07 Å². The van der Waals surface area contributed by atoms with Crippen LogP contribution in [0.15, 0.2) is 0 Å². The van der Waals surface area contributed by atoms with Gasteiger partial charge in [0.25, 0.3) is 0 Å². The van der Waals surface area contributed by atoms with E-state index >= 15 is 0 Å². The zero-order chi connectivity index (χ0) is 13.4. The topological polar surface area (TPSA) is 93.4 Å². The maximum absolute atomic E-state index is 11.6. The summed E-state index contributed by atoms with van der Waals surface area (Å²) in [6, 6.07) is 1.44. The molecule has 2 amide bonds. The van der Waals surface area contributed by atoms with Crippen molar-refractivity contribution in [1.82, 2.24) is 10.2 Å². The van der Waals surface area contributed by atoms with Crippen molar-refractivity contribution >= 4 is 12.0 Å². The van der Waals surface area contributed by atoms with Crippen LogP contribution < -0.4 is 5.32 Å². The number of amides is 2. The number of aliphatic carboxylic acids is 1. The van der Waals surface area contributed by atoms with Crippen LogP contribution in [-0.4, -0.2) is 41.6 Å². The van der Waals surface area contributed by atoms with Gasteiger partial charge in [-0.2, -0.15) is 5.26 Å². The summed E-state index contributed by atoms with van der Waals surface area (Å²) in [6.07, 6.45) is 0.715. The Bertz CT molecular complexity index is 312. The van der Waals surface area contributed by atoms with Gasteiger partial charge in [-0.3, -0.25) is 4.79 Å². The summed E-state index contributed by atoms with van der Waals surface area (Å²) in [4.78, 5) is 23.8. The monoisotopic (exact) mass is 241 g/mol. The number of rotatable bonds is 6. The first-order chi connectivity index (χ1) is 7.93. The second-order valence-electron chi connectivity index (χ2n) is 3.95. The SMILES string of the molecule is CCC(CNC(=O)N(C)C(C)CC#N)C(=O)O. The second-order valence-corrected chi connectivity index (χ2v) is 3.95. The Labute approximate surface area is 101 Å². The summed E-state index contributed by atoms with van der Waals surface area (Å²) in [5, 5.41) is 19.9. The molecule has 2 atom stereocenters. The van der Waals surface area contributed by atoms with Gasteiger partial charge in [-0.25, -0.2) is 4.79 Å². The largest absolute Gasteiger partial charge is 0.481 e. The third-order valence-corrected chi connectivity index (χ3v) is 2.71. The van der Waals surface area contributed by atoms with E-state index in [4.69, 9.17) is 10.4 Å². The number of nitrogens with zero attached hydrogens (tertiary/aromatic N) is 2. The van der Waals surface area contributed by atoms with Gasteiger partial charge in [-0.15, -0.1) is 0 Å². The minimum Gasteiger partial charge on any atom is -0.481 e. The summed E-state index contributed by atoms with van der Waals surface area (Å²) >= 11 is 0. The summed E-state index contributed by atoms with van der Waals surface area (Å²) in [7, 11) is 1.58. The molecular weight excluding hydrogens is 222 g/mol. The van der Waals surface area contributed by atoms with Crippen LogP contribution in [0.2, 0.25) is 0 Å². The van der Waals surface area contributed by atoms with E-state index in [1.54, 1.807) is 20.9 Å². The molecular formula is C11H19N3O3. The Hall–Kier alpha value is -1.77. The lowest BCUT2D eigenvalue weighted by atomic mass is 10.1. The highest BCUT2D eigenvalue weighted by Crippen LogP contribution is 2.03. The van der Waals surface area contributed by atoms with E-state index in [1.165, 1.54) is 4.90 Å². The molecule has 0 heterocycles. The zero-order valence-electron chi connectivity index (χ0n) is 10.4. The van der Waals surface area contributed by atoms with E-state index < -0.39 is 11.9 Å². The first-order valence-electron chi connectivity index (χ1n) is 5.54. The van der Waals surface area contributed by atoms with E-state index in [1.807, 2.05) is 6.07 Å². The van der Waals surface area contributed by atoms with Gasteiger partial charge in [0.2, 0.25) is 0 Å². The standard InChI is InChI=1S/C11H19N3O3/c1-4-9(10(15)16)7-13-11(17)14(3)8(2)5-6-12/h8-9H,4-5,7H2,1-3H3,(H,13,17)(H,15,16). The normalized spacial score (nSPS) is 13.3. The van der Waals surface area contributed by atoms with Crippen molar-refractivity contribution in [2.24, 2.45) is 5.92 Å². The minimum absolute atomic E-state index is 0.105. The number of carboxylic acids is 1. The smallest absolute Gasteiger partial charge is 0.317 e. The van der Waals surface area contributed by atoms with Crippen LogP contribution in [0.5, 0.6) is 0 Å². The number of carboxylic acid groups (broad SMARTS) is 1. The molecule has 0 spiro atoms. The maximum atomic E-state index is 11.6. The number of hydrogen-bond acceptors (Lipinski definition) is 3. The van der Waals surface area contributed by atoms with Crippen molar-refractivity contribution in [2.75, 3.05) is 13.6 Å². The van der Waals surface area contributed by atoms with E-state index in [-0.39, 0.29) is 25.0 Å². The molecule has 0 saturated heterocycles. The molecule has 0 aromatic rings. The molecule has 0 fully saturated rings. The first kappa shape index (κ1) is 15.2. The molecule has 0 saturated carbocycles. The van der Waals surface area contributed by atoms with Crippen LogP contribution in [0.25, 0.3) is 0 Å². The molecule has 17 heavy (non-hydrogen) atoms. The van der Waals surface area contributed by atoms with Gasteiger partial charge in [0, 0.05) is 19.6 Å². The van der Waals surface area contributed by atoms with Gasteiger partial charge in [-0.05, 0) is 13.3 Å². The Kier molecular flexibility index (Phi) is 6.71. The molecule has 0 rings (SSSR count). The fourth-order valence-electron chi connectivity index (χ4n) is 1.21. The van der Waals surface area contributed by atoms with E-state index in [2.05, 4.69) is 5.32 Å². The van der Waals surface area contributed by atoms with Crippen molar-refractivity contribution in [3.63, 3.8) is 0 Å². The maximum Gasteiger partial charge on any atom is 0.317 e. The third-order valence-electron chi connectivity index (χ3n) is 2.71. The van der Waals surface area contributed by atoms with E-state index in [9.17, 15) is 9.59 Å². The number of nitrogens with one attached hydrogen (secondary N) is 1. The Balaban J connectivity index is 4.18. The van der Waals surface area contributed by atoms with Crippen molar-refractivity contribution in [3.05, 3.63) is 0 Å². The lowest BCUT2D eigenvalue weighted by molar-refractivity contribution is -0.141. The van der Waals surface area contributed by atoms with Gasteiger partial charge >= 0.3 is 12.0 Å². The van der Waals surface area contributed by atoms with Crippen LogP contribution in [-0.2, 0) is 4.79 Å². The number of carbonyl (C=O) groups is 2. The fraction of sp³-hybridized carbons (Fsp3) is 0.727. The van der Waals surface area contributed by atoms with Gasteiger partial charge in [0.1, 0.15) is 0 Å². The Morgan fingerprint density at radius 3 is 2.53 bits per heavy atom. The predicted octanol–water partition coefficient (Wildman–Crippen LogP) is 1.04. The highest BCUT2D eigenvalue weighted by molar-refractivity contribution is 5.76. The molecule has 2 N–H and O–H groups in total. The lowest BCUT2D eigenvalue weighted by Crippen LogP contribution is -2.44. The Morgan fingerprint density at radius 1 is 1.53 bits per heavy atom. The quantitative estimate of drug-likeness (QED) is 0.726. The fourth-order valence-corrected chi connectivity index (χ4v) is 1.21. The first-order valence-corrected chi connectivity index (χ1v) is 5.54. The van der Waals surface area contributed by atoms with Crippen LogP contribution in [0.4, 0.5) is 4.79 Å². The summed E-state index contributed by atoms with van der Waals surface area (Å²) < 4.78 is 0. The van der Waals surface area contributed by atoms with Crippen LogP contribution in [0, 0.1) is 17.2 Å². The molecule has 0 aliphatic rings. The summed E-state index contributed by atoms with van der Waals surface area (Å²) in [5.41, 5.74) is 0. The van der Waals surface area contributed by atoms with E-state index in [0.29, 0.717) is 6.42 Å². The van der Waals surface area contributed by atoms with Crippen molar-refractivity contribution < 1.29 is 14.7 Å². The molecule has 6 heteroatoms. The third kappa shape index (κ3) is 5.20. The lowest BCUT2D eigenvalue weighted by Gasteiger charge is -2.24. The summed E-state index contributed by atoms with van der Waals surface area (Å²) in [6.45, 7) is 3.62. The minimum atomic E-state index is -0.916. The predicted molar refractivity (Wildman–Crippen MR) is 62.3 cm³/mol. The number of hydrogen-bond donors (Lipinski definition) is 2. The molecule has 0 radical (unpaired) electrons. The van der Waals surface area contributed by atoms with Gasteiger partial charge < -0.3 is 15.3 Å². The molecule has 0 bridgehead atoms. The molecule has 0 aliphatic carbocycles. The van der Waals surface area contributed by atoms with Crippen LogP contribution in [0.1, 0.15) is 26.7 Å². The van der Waals surface area contributed by atoms with Crippen molar-refractivity contribution in [1.29, 1.82) is 5.26 Å². The van der Waals surface area contributed by atoms with Crippen LogP contribution >= 0.6 is 0 Å². The molecule has 0 aliphatic heterocycles. The van der Waals surface area contributed by atoms with Gasteiger partial charge in [0.15, 0.2) is 0 Å². The van der Waals surface area contributed by atoms with Crippen molar-refractivity contribution in [2.45, 2.75) is 32.7 Å². The van der Waals surface area contributed by atoms with Crippen LogP contribution in [0.3, 0.4) is 0 Å². The van der Waals surface area contributed by atoms with Gasteiger partial charge in [-0.1, -0.05) is 6.92 Å². The van der Waals surface area contributed by atoms with E-state index in [0.717, 1.165) is 0 Å². The number of urea groups is 1. The zero-order valence-corrected chi connectivity index (χ0v) is 10.4. The Morgan fingerprint density at radius 2 is 2.12 bits per heavy atom. The second kappa shape index (κ2) is 7.49. The summed E-state index contributed by atoms with van der Waals surface area (Å²) in [5.74, 6) is -1.49. The number of carbonyl (C=O) groups excluding carboxylic acids is 1.